The predicted octanol–water partition coefficient (Wildman–Crippen LogP) is 4.59. The molecule has 0 saturated carbocycles. The minimum Gasteiger partial charge on any atom is -0.323 e. The third kappa shape index (κ3) is 2.90. The van der Waals surface area contributed by atoms with Crippen LogP contribution in [0, 0.1) is 0 Å². The van der Waals surface area contributed by atoms with Gasteiger partial charge in [-0.1, -0.05) is 36.4 Å². The minimum absolute atomic E-state index is 0.858. The van der Waals surface area contributed by atoms with Gasteiger partial charge in [-0.3, -0.25) is 4.98 Å². The molecule has 3 nitrogen and oxygen atoms in total. The normalized spacial score (nSPS) is 11.3. The van der Waals surface area contributed by atoms with Crippen molar-refractivity contribution in [2.75, 3.05) is 0 Å². The summed E-state index contributed by atoms with van der Waals surface area (Å²) in [5.74, 6) is 0. The second-order valence-corrected chi connectivity index (χ2v) is 5.30. The van der Waals surface area contributed by atoms with E-state index in [1.165, 1.54) is 0 Å². The molecule has 2 aromatic carbocycles. The Morgan fingerprint density at radius 1 is 0.783 bits per heavy atom. The Hall–Kier alpha value is -3.20. The lowest BCUT2D eigenvalue weighted by Gasteiger charge is -2.00. The van der Waals surface area contributed by atoms with Crippen LogP contribution >= 0.6 is 0 Å². The van der Waals surface area contributed by atoms with Crippen LogP contribution in [0.5, 0.6) is 0 Å². The lowest BCUT2D eigenvalue weighted by atomic mass is 10.2. The van der Waals surface area contributed by atoms with E-state index in [2.05, 4.69) is 51.2 Å². The lowest BCUT2D eigenvalue weighted by Crippen LogP contribution is -1.87. The number of benzene rings is 2. The van der Waals surface area contributed by atoms with Gasteiger partial charge in [-0.25, -0.2) is 4.98 Å². The topological polar surface area (TPSA) is 30.7 Å². The largest absolute Gasteiger partial charge is 0.323 e. The Bertz CT molecular complexity index is 968. The van der Waals surface area contributed by atoms with Gasteiger partial charge in [0, 0.05) is 18.1 Å². The molecule has 0 aliphatic rings. The highest BCUT2D eigenvalue weighted by Gasteiger charge is 1.98. The molecular weight excluding hydrogens is 282 g/mol. The van der Waals surface area contributed by atoms with Crippen LogP contribution in [0.2, 0.25) is 0 Å². The molecule has 2 heterocycles. The van der Waals surface area contributed by atoms with Crippen molar-refractivity contribution in [2.45, 2.75) is 0 Å². The van der Waals surface area contributed by atoms with E-state index in [1.807, 2.05) is 48.5 Å². The van der Waals surface area contributed by atoms with Crippen LogP contribution in [0.15, 0.2) is 79.3 Å². The summed E-state index contributed by atoms with van der Waals surface area (Å²) >= 11 is 0. The monoisotopic (exact) mass is 297 g/mol. The fourth-order valence-corrected chi connectivity index (χ4v) is 2.51. The minimum atomic E-state index is 0.858. The van der Waals surface area contributed by atoms with E-state index in [0.717, 1.165) is 28.0 Å². The third-order valence-corrected chi connectivity index (χ3v) is 3.68. The summed E-state index contributed by atoms with van der Waals surface area (Å²) in [7, 11) is 0. The first kappa shape index (κ1) is 13.5. The van der Waals surface area contributed by atoms with E-state index in [1.54, 1.807) is 6.20 Å². The number of fused-ring (bicyclic) bond motifs is 1. The molecule has 0 atom stereocenters. The van der Waals surface area contributed by atoms with Crippen LogP contribution in [0.25, 0.3) is 28.9 Å². The maximum atomic E-state index is 4.60. The van der Waals surface area contributed by atoms with Gasteiger partial charge in [0.25, 0.3) is 0 Å². The molecule has 2 aromatic heterocycles. The highest BCUT2D eigenvalue weighted by molar-refractivity contribution is 5.76. The molecule has 4 aromatic rings. The second kappa shape index (κ2) is 5.89. The van der Waals surface area contributed by atoms with Gasteiger partial charge in [-0.2, -0.15) is 0 Å². The number of nitrogens with zero attached hydrogens (tertiary/aromatic N) is 3. The van der Waals surface area contributed by atoms with E-state index >= 15 is 0 Å². The summed E-state index contributed by atoms with van der Waals surface area (Å²) in [4.78, 5) is 9.03. The molecule has 0 amide bonds. The predicted molar refractivity (Wildman–Crippen MR) is 94.2 cm³/mol. The van der Waals surface area contributed by atoms with E-state index in [-0.39, 0.29) is 0 Å². The van der Waals surface area contributed by atoms with E-state index in [4.69, 9.17) is 0 Å². The average molecular weight is 297 g/mol. The molecule has 0 fully saturated rings. The molecule has 0 bridgehead atoms. The first-order valence-corrected chi connectivity index (χ1v) is 7.52. The first-order valence-electron chi connectivity index (χ1n) is 7.52. The van der Waals surface area contributed by atoms with Crippen molar-refractivity contribution in [3.05, 3.63) is 90.5 Å². The van der Waals surface area contributed by atoms with Crippen molar-refractivity contribution in [2.24, 2.45) is 0 Å². The zero-order chi connectivity index (χ0) is 15.5. The maximum Gasteiger partial charge on any atom is 0.0894 e. The molecule has 23 heavy (non-hydrogen) atoms. The molecule has 0 saturated heterocycles. The Labute approximate surface area is 134 Å². The van der Waals surface area contributed by atoms with Gasteiger partial charge < -0.3 is 4.57 Å². The van der Waals surface area contributed by atoms with Gasteiger partial charge in [0.1, 0.15) is 0 Å². The molecule has 0 aliphatic carbocycles. The number of aromatic nitrogens is 3. The van der Waals surface area contributed by atoms with Crippen LogP contribution in [0.3, 0.4) is 0 Å². The zero-order valence-electron chi connectivity index (χ0n) is 12.5. The SMILES string of the molecule is C(=C\c1cnc2ccccc2n1)/c1ccn(-c2ccccc2)c1. The highest BCUT2D eigenvalue weighted by atomic mass is 14.9. The van der Waals surface area contributed by atoms with Crippen LogP contribution < -0.4 is 0 Å². The Morgan fingerprint density at radius 3 is 2.43 bits per heavy atom. The van der Waals surface area contributed by atoms with Crippen molar-refractivity contribution in [3.63, 3.8) is 0 Å². The van der Waals surface area contributed by atoms with E-state index in [0.29, 0.717) is 0 Å². The maximum absolute atomic E-state index is 4.60. The Morgan fingerprint density at radius 2 is 1.57 bits per heavy atom. The molecule has 110 valence electrons. The van der Waals surface area contributed by atoms with Gasteiger partial charge in [-0.05, 0) is 42.0 Å². The summed E-state index contributed by atoms with van der Waals surface area (Å²) in [5.41, 5.74) is 4.97. The lowest BCUT2D eigenvalue weighted by molar-refractivity contribution is 1.08. The fraction of sp³-hybridized carbons (Fsp3) is 0. The van der Waals surface area contributed by atoms with Gasteiger partial charge in [0.05, 0.1) is 22.9 Å². The highest BCUT2D eigenvalue weighted by Crippen LogP contribution is 2.14. The van der Waals surface area contributed by atoms with Crippen molar-refractivity contribution in [1.82, 2.24) is 14.5 Å². The second-order valence-electron chi connectivity index (χ2n) is 5.30. The standard InChI is InChI=1S/C20H15N3/c1-2-6-18(7-3-1)23-13-12-16(15-23)10-11-17-14-21-19-8-4-5-9-20(19)22-17/h1-15H/b11-10+. The quantitative estimate of drug-likeness (QED) is 0.553. The number of rotatable bonds is 3. The number of hydrogen-bond donors (Lipinski definition) is 0. The zero-order valence-corrected chi connectivity index (χ0v) is 12.5. The van der Waals surface area contributed by atoms with Crippen LogP contribution in [-0.2, 0) is 0 Å². The molecule has 3 heteroatoms. The molecule has 4 rings (SSSR count). The number of hydrogen-bond acceptors (Lipinski definition) is 2. The van der Waals surface area contributed by atoms with Gasteiger partial charge in [0.15, 0.2) is 0 Å². The molecule has 0 N–H and O–H groups in total. The average Bonchev–Trinajstić information content (AvgIpc) is 3.10. The third-order valence-electron chi connectivity index (χ3n) is 3.68. The fourth-order valence-electron chi connectivity index (χ4n) is 2.51. The Balaban J connectivity index is 1.59. The first-order chi connectivity index (χ1) is 11.4. The summed E-state index contributed by atoms with van der Waals surface area (Å²) in [6.07, 6.45) is 10.00. The van der Waals surface area contributed by atoms with Crippen LogP contribution in [0.4, 0.5) is 0 Å². The van der Waals surface area contributed by atoms with Gasteiger partial charge in [0.2, 0.25) is 0 Å². The summed E-state index contributed by atoms with van der Waals surface area (Å²) in [6, 6.07) is 20.2. The summed E-state index contributed by atoms with van der Waals surface area (Å²) < 4.78 is 2.10. The van der Waals surface area contributed by atoms with Gasteiger partial charge in [-0.15, -0.1) is 0 Å². The van der Waals surface area contributed by atoms with Crippen molar-refractivity contribution >= 4 is 23.2 Å². The van der Waals surface area contributed by atoms with E-state index < -0.39 is 0 Å². The molecular formula is C20H15N3. The molecule has 0 aliphatic heterocycles. The Kier molecular flexibility index (Phi) is 3.45. The molecule has 0 unspecified atom stereocenters. The van der Waals surface area contributed by atoms with E-state index in [9.17, 15) is 0 Å². The van der Waals surface area contributed by atoms with Crippen molar-refractivity contribution in [3.8, 4) is 5.69 Å². The van der Waals surface area contributed by atoms with Gasteiger partial charge >= 0.3 is 0 Å². The van der Waals surface area contributed by atoms with Crippen molar-refractivity contribution < 1.29 is 0 Å². The summed E-state index contributed by atoms with van der Waals surface area (Å²) in [5, 5.41) is 0. The summed E-state index contributed by atoms with van der Waals surface area (Å²) in [6.45, 7) is 0. The smallest absolute Gasteiger partial charge is 0.0894 e. The molecule has 0 spiro atoms. The van der Waals surface area contributed by atoms with Crippen LogP contribution in [-0.4, -0.2) is 14.5 Å². The van der Waals surface area contributed by atoms with Crippen molar-refractivity contribution in [1.29, 1.82) is 0 Å². The van der Waals surface area contributed by atoms with Crippen LogP contribution in [0.1, 0.15) is 11.3 Å². The molecule has 0 radical (unpaired) electrons. The number of para-hydroxylation sites is 3.